The van der Waals surface area contributed by atoms with Gasteiger partial charge in [-0.1, -0.05) is 37.1 Å². The number of hydrogen-bond acceptors (Lipinski definition) is 7. The molecule has 3 aromatic rings. The van der Waals surface area contributed by atoms with Crippen molar-refractivity contribution in [3.05, 3.63) is 78.4 Å². The van der Waals surface area contributed by atoms with Crippen molar-refractivity contribution < 1.29 is 32.2 Å². The van der Waals surface area contributed by atoms with Gasteiger partial charge in [0.15, 0.2) is 0 Å². The molecule has 1 aliphatic rings. The van der Waals surface area contributed by atoms with E-state index in [-0.39, 0.29) is 34.8 Å². The van der Waals surface area contributed by atoms with Crippen LogP contribution in [0.4, 0.5) is 5.69 Å². The number of benzene rings is 3. The van der Waals surface area contributed by atoms with Crippen LogP contribution in [0.1, 0.15) is 38.2 Å². The Hall–Kier alpha value is -4.25. The predicted molar refractivity (Wildman–Crippen MR) is 164 cm³/mol. The number of ether oxygens (including phenoxy) is 3. The molecule has 1 N–H and O–H groups in total. The first-order valence-electron chi connectivity index (χ1n) is 14.2. The van der Waals surface area contributed by atoms with Gasteiger partial charge in [0.2, 0.25) is 11.8 Å². The van der Waals surface area contributed by atoms with Gasteiger partial charge in [0.05, 0.1) is 31.9 Å². The van der Waals surface area contributed by atoms with Crippen molar-refractivity contribution in [1.82, 2.24) is 10.2 Å². The molecule has 1 atom stereocenters. The number of nitrogens with one attached hydrogen (secondary N) is 1. The Bertz CT molecular complexity index is 1510. The Labute approximate surface area is 253 Å². The first kappa shape index (κ1) is 31.7. The minimum Gasteiger partial charge on any atom is -0.497 e. The molecule has 1 fully saturated rings. The quantitative estimate of drug-likeness (QED) is 0.306. The highest BCUT2D eigenvalue weighted by Crippen LogP contribution is 2.33. The smallest absolute Gasteiger partial charge is 0.264 e. The minimum atomic E-state index is -4.26. The molecule has 3 aromatic carbocycles. The lowest BCUT2D eigenvalue weighted by Crippen LogP contribution is -2.52. The summed E-state index contributed by atoms with van der Waals surface area (Å²) in [6.45, 7) is 1.16. The maximum Gasteiger partial charge on any atom is 0.264 e. The van der Waals surface area contributed by atoms with E-state index < -0.39 is 28.5 Å². The average Bonchev–Trinajstić information content (AvgIpc) is 3.55. The number of amides is 2. The summed E-state index contributed by atoms with van der Waals surface area (Å²) in [6, 6.07) is 18.9. The summed E-state index contributed by atoms with van der Waals surface area (Å²) in [7, 11) is 0.216. The van der Waals surface area contributed by atoms with Gasteiger partial charge in [-0.05, 0) is 73.9 Å². The molecule has 230 valence electrons. The standard InChI is InChI=1S/C32H39N3O7S/c1-23(32(37)33-25-11-5-6-12-25)34(21-24-10-9-13-27(20-24)41-3)31(36)22-35(29-14-7-8-15-30(29)42-4)43(38,39)28-18-16-26(40-2)17-19-28/h7-10,13-20,23,25H,5-6,11-12,21-22H2,1-4H3,(H,33,37). The minimum absolute atomic E-state index is 0.0293. The molecule has 11 heteroatoms. The van der Waals surface area contributed by atoms with Gasteiger partial charge in [-0.3, -0.25) is 13.9 Å². The summed E-state index contributed by atoms with van der Waals surface area (Å²) in [5.41, 5.74) is 0.925. The monoisotopic (exact) mass is 609 g/mol. The first-order chi connectivity index (χ1) is 20.7. The number of para-hydroxylation sites is 2. The van der Waals surface area contributed by atoms with E-state index in [0.29, 0.717) is 11.5 Å². The van der Waals surface area contributed by atoms with E-state index in [9.17, 15) is 18.0 Å². The van der Waals surface area contributed by atoms with Crippen molar-refractivity contribution in [2.75, 3.05) is 32.2 Å². The first-order valence-corrected chi connectivity index (χ1v) is 15.6. The fourth-order valence-electron chi connectivity index (χ4n) is 5.17. The zero-order valence-electron chi connectivity index (χ0n) is 25.0. The maximum atomic E-state index is 14.2. The molecule has 0 radical (unpaired) electrons. The molecular formula is C32H39N3O7S. The Morgan fingerprint density at radius 1 is 0.884 bits per heavy atom. The Kier molecular flexibility index (Phi) is 10.5. The van der Waals surface area contributed by atoms with Crippen molar-refractivity contribution in [2.45, 2.75) is 56.1 Å². The third-order valence-electron chi connectivity index (χ3n) is 7.64. The Morgan fingerprint density at radius 2 is 1.56 bits per heavy atom. The van der Waals surface area contributed by atoms with Gasteiger partial charge in [0.25, 0.3) is 10.0 Å². The summed E-state index contributed by atoms with van der Waals surface area (Å²) >= 11 is 0. The van der Waals surface area contributed by atoms with E-state index in [1.807, 2.05) is 6.07 Å². The summed E-state index contributed by atoms with van der Waals surface area (Å²) in [6.07, 6.45) is 3.87. The highest BCUT2D eigenvalue weighted by atomic mass is 32.2. The van der Waals surface area contributed by atoms with Crippen LogP contribution in [-0.2, 0) is 26.2 Å². The fourth-order valence-corrected chi connectivity index (χ4v) is 6.59. The molecular weight excluding hydrogens is 570 g/mol. The number of carbonyl (C=O) groups excluding carboxylic acids is 2. The van der Waals surface area contributed by atoms with Gasteiger partial charge in [-0.2, -0.15) is 0 Å². The Morgan fingerprint density at radius 3 is 2.21 bits per heavy atom. The number of anilines is 1. The van der Waals surface area contributed by atoms with E-state index in [4.69, 9.17) is 14.2 Å². The zero-order chi connectivity index (χ0) is 31.0. The molecule has 4 rings (SSSR count). The van der Waals surface area contributed by atoms with Crippen molar-refractivity contribution >= 4 is 27.5 Å². The summed E-state index contributed by atoms with van der Waals surface area (Å²) in [5.74, 6) is 0.528. The van der Waals surface area contributed by atoms with Crippen molar-refractivity contribution in [2.24, 2.45) is 0 Å². The molecule has 0 aliphatic heterocycles. The van der Waals surface area contributed by atoms with Crippen LogP contribution in [0.3, 0.4) is 0 Å². The van der Waals surface area contributed by atoms with Crippen LogP contribution in [0.2, 0.25) is 0 Å². The van der Waals surface area contributed by atoms with E-state index in [0.717, 1.165) is 35.6 Å². The van der Waals surface area contributed by atoms with E-state index in [2.05, 4.69) is 5.32 Å². The second-order valence-corrected chi connectivity index (χ2v) is 12.3. The third kappa shape index (κ3) is 7.59. The molecule has 0 saturated heterocycles. The Balaban J connectivity index is 1.72. The molecule has 1 aliphatic carbocycles. The number of rotatable bonds is 13. The molecule has 10 nitrogen and oxygen atoms in total. The van der Waals surface area contributed by atoms with E-state index in [1.165, 1.54) is 31.3 Å². The normalized spacial score (nSPS) is 14.0. The molecule has 0 heterocycles. The zero-order valence-corrected chi connectivity index (χ0v) is 25.8. The molecule has 0 bridgehead atoms. The van der Waals surface area contributed by atoms with Crippen LogP contribution >= 0.6 is 0 Å². The molecule has 1 saturated carbocycles. The summed E-state index contributed by atoms with van der Waals surface area (Å²) in [5, 5.41) is 3.07. The number of nitrogens with zero attached hydrogens (tertiary/aromatic N) is 2. The molecule has 2 amide bonds. The highest BCUT2D eigenvalue weighted by molar-refractivity contribution is 7.92. The van der Waals surface area contributed by atoms with Crippen LogP contribution in [0, 0.1) is 0 Å². The van der Waals surface area contributed by atoms with Gasteiger partial charge >= 0.3 is 0 Å². The van der Waals surface area contributed by atoms with Gasteiger partial charge in [0.1, 0.15) is 29.8 Å². The summed E-state index contributed by atoms with van der Waals surface area (Å²) in [4.78, 5) is 29.0. The highest BCUT2D eigenvalue weighted by Gasteiger charge is 2.34. The van der Waals surface area contributed by atoms with Gasteiger partial charge in [0, 0.05) is 12.6 Å². The van der Waals surface area contributed by atoms with Crippen molar-refractivity contribution in [3.63, 3.8) is 0 Å². The molecule has 0 spiro atoms. The van der Waals surface area contributed by atoms with Crippen LogP contribution in [-0.4, -0.2) is 65.1 Å². The number of sulfonamides is 1. The average molecular weight is 610 g/mol. The number of carbonyl (C=O) groups is 2. The van der Waals surface area contributed by atoms with Gasteiger partial charge in [-0.25, -0.2) is 8.42 Å². The van der Waals surface area contributed by atoms with E-state index in [1.54, 1.807) is 68.6 Å². The topological polar surface area (TPSA) is 114 Å². The van der Waals surface area contributed by atoms with E-state index >= 15 is 0 Å². The molecule has 0 aromatic heterocycles. The fraction of sp³-hybridized carbons (Fsp3) is 0.375. The maximum absolute atomic E-state index is 14.2. The lowest BCUT2D eigenvalue weighted by atomic mass is 10.1. The lowest BCUT2D eigenvalue weighted by Gasteiger charge is -2.33. The molecule has 1 unspecified atom stereocenters. The predicted octanol–water partition coefficient (Wildman–Crippen LogP) is 4.38. The molecule has 43 heavy (non-hydrogen) atoms. The second kappa shape index (κ2) is 14.3. The second-order valence-electron chi connectivity index (χ2n) is 10.4. The van der Waals surface area contributed by atoms with Crippen molar-refractivity contribution in [3.8, 4) is 17.2 Å². The van der Waals surface area contributed by atoms with Crippen LogP contribution in [0.5, 0.6) is 17.2 Å². The third-order valence-corrected chi connectivity index (χ3v) is 9.41. The van der Waals surface area contributed by atoms with Crippen molar-refractivity contribution in [1.29, 1.82) is 0 Å². The number of methoxy groups -OCH3 is 3. The van der Waals surface area contributed by atoms with Crippen LogP contribution < -0.4 is 23.8 Å². The SMILES string of the molecule is COc1ccc(S(=O)(=O)N(CC(=O)N(Cc2cccc(OC)c2)C(C)C(=O)NC2CCCC2)c2ccccc2OC)cc1. The van der Waals surface area contributed by atoms with Gasteiger partial charge < -0.3 is 24.4 Å². The largest absolute Gasteiger partial charge is 0.497 e. The number of hydrogen-bond donors (Lipinski definition) is 1. The van der Waals surface area contributed by atoms with Crippen LogP contribution in [0.15, 0.2) is 77.7 Å². The summed E-state index contributed by atoms with van der Waals surface area (Å²) < 4.78 is 45.3. The lowest BCUT2D eigenvalue weighted by molar-refractivity contribution is -0.139. The van der Waals surface area contributed by atoms with Gasteiger partial charge in [-0.15, -0.1) is 0 Å². The van der Waals surface area contributed by atoms with Crippen LogP contribution in [0.25, 0.3) is 0 Å².